The zero-order chi connectivity index (χ0) is 15.1. The summed E-state index contributed by atoms with van der Waals surface area (Å²) in [5, 5.41) is 3.21. The van der Waals surface area contributed by atoms with Crippen LogP contribution < -0.4 is 14.8 Å². The first kappa shape index (κ1) is 13.9. The highest BCUT2D eigenvalue weighted by atomic mass is 16.6. The Morgan fingerprint density at radius 3 is 2.82 bits per heavy atom. The van der Waals surface area contributed by atoms with Crippen molar-refractivity contribution in [3.63, 3.8) is 0 Å². The summed E-state index contributed by atoms with van der Waals surface area (Å²) in [6, 6.07) is 5.71. The van der Waals surface area contributed by atoms with E-state index >= 15 is 0 Å². The lowest BCUT2D eigenvalue weighted by Gasteiger charge is -2.44. The number of hydrogen-bond acceptors (Lipinski definition) is 4. The minimum Gasteiger partial charge on any atom is -0.486 e. The van der Waals surface area contributed by atoms with Gasteiger partial charge >= 0.3 is 0 Å². The lowest BCUT2D eigenvalue weighted by molar-refractivity contribution is 0.0619. The summed E-state index contributed by atoms with van der Waals surface area (Å²) in [6.45, 7) is 5.86. The molecule has 5 nitrogen and oxygen atoms in total. The fourth-order valence-electron chi connectivity index (χ4n) is 3.70. The first-order chi connectivity index (χ1) is 10.7. The largest absolute Gasteiger partial charge is 0.486 e. The van der Waals surface area contributed by atoms with Gasteiger partial charge in [-0.05, 0) is 57.0 Å². The van der Waals surface area contributed by atoms with E-state index in [2.05, 4.69) is 10.2 Å². The highest BCUT2D eigenvalue weighted by molar-refractivity contribution is 5.95. The van der Waals surface area contributed by atoms with Crippen LogP contribution in [0.3, 0.4) is 0 Å². The lowest BCUT2D eigenvalue weighted by Crippen LogP contribution is -2.57. The normalized spacial score (nSPS) is 32.6. The quantitative estimate of drug-likeness (QED) is 0.903. The van der Waals surface area contributed by atoms with Gasteiger partial charge in [0.1, 0.15) is 12.7 Å². The maximum absolute atomic E-state index is 12.5. The number of ether oxygens (including phenoxy) is 2. The van der Waals surface area contributed by atoms with Crippen molar-refractivity contribution < 1.29 is 14.3 Å². The molecule has 1 aromatic rings. The summed E-state index contributed by atoms with van der Waals surface area (Å²) < 4.78 is 11.3. The monoisotopic (exact) mass is 302 g/mol. The van der Waals surface area contributed by atoms with Gasteiger partial charge in [0, 0.05) is 18.2 Å². The van der Waals surface area contributed by atoms with E-state index in [1.807, 2.05) is 19.1 Å². The van der Waals surface area contributed by atoms with Gasteiger partial charge in [-0.1, -0.05) is 0 Å². The number of nitrogens with one attached hydrogen (secondary N) is 1. The minimum absolute atomic E-state index is 0.0108. The van der Waals surface area contributed by atoms with E-state index in [0.29, 0.717) is 23.8 Å². The smallest absolute Gasteiger partial charge is 0.251 e. The van der Waals surface area contributed by atoms with Gasteiger partial charge in [-0.25, -0.2) is 0 Å². The second-order valence-electron chi connectivity index (χ2n) is 6.62. The van der Waals surface area contributed by atoms with Crippen LogP contribution in [0.1, 0.15) is 30.1 Å². The number of piperidine rings is 3. The van der Waals surface area contributed by atoms with Crippen molar-refractivity contribution >= 4 is 5.91 Å². The molecule has 5 rings (SSSR count). The SMILES string of the molecule is C[C@@H]1COc2ccc(C(=O)N[C@H]3CN4CCC3CC4)cc2O1. The second-order valence-corrected chi connectivity index (χ2v) is 6.62. The molecule has 118 valence electrons. The number of hydrogen-bond donors (Lipinski definition) is 1. The van der Waals surface area contributed by atoms with Crippen LogP contribution in [0.15, 0.2) is 18.2 Å². The highest BCUT2D eigenvalue weighted by Gasteiger charge is 2.35. The third-order valence-corrected chi connectivity index (χ3v) is 4.98. The standard InChI is InChI=1S/C17H22N2O3/c1-11-10-21-15-3-2-13(8-16(15)22-11)17(20)18-14-9-19-6-4-12(14)5-7-19/h2-3,8,11-12,14H,4-7,9-10H2,1H3,(H,18,20)/t11-,14+/m1/s1. The van der Waals surface area contributed by atoms with Gasteiger partial charge in [0.15, 0.2) is 11.5 Å². The van der Waals surface area contributed by atoms with Gasteiger partial charge in [0.05, 0.1) is 0 Å². The van der Waals surface area contributed by atoms with Crippen LogP contribution in [0.4, 0.5) is 0 Å². The number of nitrogens with zero attached hydrogens (tertiary/aromatic N) is 1. The summed E-state index contributed by atoms with van der Waals surface area (Å²) in [4.78, 5) is 15.0. The Hall–Kier alpha value is -1.75. The van der Waals surface area contributed by atoms with Crippen LogP contribution in [0.2, 0.25) is 0 Å². The van der Waals surface area contributed by atoms with Crippen LogP contribution in [0.25, 0.3) is 0 Å². The van der Waals surface area contributed by atoms with Crippen LogP contribution in [0, 0.1) is 5.92 Å². The Balaban J connectivity index is 1.47. The van der Waals surface area contributed by atoms with Crippen molar-refractivity contribution in [2.75, 3.05) is 26.2 Å². The van der Waals surface area contributed by atoms with E-state index in [1.165, 1.54) is 25.9 Å². The van der Waals surface area contributed by atoms with Crippen LogP contribution in [-0.4, -0.2) is 49.2 Å². The molecule has 5 heteroatoms. The molecule has 1 aromatic carbocycles. The Kier molecular flexibility index (Phi) is 3.45. The average Bonchev–Trinajstić information content (AvgIpc) is 2.55. The van der Waals surface area contributed by atoms with Crippen LogP contribution in [0.5, 0.6) is 11.5 Å². The first-order valence-corrected chi connectivity index (χ1v) is 8.16. The second kappa shape index (κ2) is 5.47. The molecule has 4 aliphatic heterocycles. The zero-order valence-corrected chi connectivity index (χ0v) is 12.9. The van der Waals surface area contributed by atoms with Crippen molar-refractivity contribution in [2.45, 2.75) is 31.9 Å². The predicted octanol–water partition coefficient (Wildman–Crippen LogP) is 1.67. The zero-order valence-electron chi connectivity index (χ0n) is 12.9. The molecule has 0 radical (unpaired) electrons. The first-order valence-electron chi connectivity index (χ1n) is 8.16. The number of rotatable bonds is 2. The predicted molar refractivity (Wildman–Crippen MR) is 82.4 cm³/mol. The molecule has 3 fully saturated rings. The molecule has 1 amide bonds. The van der Waals surface area contributed by atoms with Gasteiger partial charge in [-0.2, -0.15) is 0 Å². The van der Waals surface area contributed by atoms with E-state index in [0.717, 1.165) is 12.3 Å². The Morgan fingerprint density at radius 2 is 2.09 bits per heavy atom. The third kappa shape index (κ3) is 2.54. The van der Waals surface area contributed by atoms with Crippen molar-refractivity contribution in [1.82, 2.24) is 10.2 Å². The van der Waals surface area contributed by atoms with Crippen molar-refractivity contribution in [3.8, 4) is 11.5 Å². The topological polar surface area (TPSA) is 50.8 Å². The Bertz CT molecular complexity index is 581. The Labute approximate surface area is 130 Å². The number of carbonyl (C=O) groups excluding carboxylic acids is 1. The van der Waals surface area contributed by atoms with Crippen molar-refractivity contribution in [2.24, 2.45) is 5.92 Å². The molecule has 0 saturated carbocycles. The molecule has 4 aliphatic rings. The lowest BCUT2D eigenvalue weighted by atomic mass is 9.84. The summed E-state index contributed by atoms with van der Waals surface area (Å²) in [6.07, 6.45) is 2.42. The molecule has 0 aliphatic carbocycles. The van der Waals surface area contributed by atoms with Gasteiger partial charge in [-0.3, -0.25) is 4.79 Å². The number of benzene rings is 1. The molecular formula is C17H22N2O3. The van der Waals surface area contributed by atoms with E-state index < -0.39 is 0 Å². The van der Waals surface area contributed by atoms with Gasteiger partial charge in [0.2, 0.25) is 0 Å². The molecule has 0 spiro atoms. The molecule has 4 heterocycles. The summed E-state index contributed by atoms with van der Waals surface area (Å²) >= 11 is 0. The number of fused-ring (bicyclic) bond motifs is 4. The van der Waals surface area contributed by atoms with E-state index in [4.69, 9.17) is 9.47 Å². The Morgan fingerprint density at radius 1 is 1.27 bits per heavy atom. The summed E-state index contributed by atoms with van der Waals surface area (Å²) in [5.74, 6) is 2.01. The van der Waals surface area contributed by atoms with E-state index in [9.17, 15) is 4.79 Å². The van der Waals surface area contributed by atoms with Crippen LogP contribution in [-0.2, 0) is 0 Å². The van der Waals surface area contributed by atoms with Crippen LogP contribution >= 0.6 is 0 Å². The van der Waals surface area contributed by atoms with Gasteiger partial charge in [0.25, 0.3) is 5.91 Å². The van der Waals surface area contributed by atoms with E-state index in [-0.39, 0.29) is 18.1 Å². The van der Waals surface area contributed by atoms with Gasteiger partial charge in [-0.15, -0.1) is 0 Å². The molecule has 2 atom stereocenters. The molecule has 22 heavy (non-hydrogen) atoms. The summed E-state index contributed by atoms with van der Waals surface area (Å²) in [7, 11) is 0. The fraction of sp³-hybridized carbons (Fsp3) is 0.588. The maximum Gasteiger partial charge on any atom is 0.251 e. The average molecular weight is 302 g/mol. The molecule has 3 saturated heterocycles. The number of carbonyl (C=O) groups is 1. The maximum atomic E-state index is 12.5. The van der Waals surface area contributed by atoms with Gasteiger partial charge < -0.3 is 19.7 Å². The molecular weight excluding hydrogens is 280 g/mol. The fourth-order valence-corrected chi connectivity index (χ4v) is 3.70. The van der Waals surface area contributed by atoms with E-state index in [1.54, 1.807) is 6.07 Å². The highest BCUT2D eigenvalue weighted by Crippen LogP contribution is 2.33. The molecule has 0 aromatic heterocycles. The molecule has 0 unspecified atom stereocenters. The van der Waals surface area contributed by atoms with Crippen molar-refractivity contribution in [3.05, 3.63) is 23.8 Å². The van der Waals surface area contributed by atoms with Crippen molar-refractivity contribution in [1.29, 1.82) is 0 Å². The number of amides is 1. The summed E-state index contributed by atoms with van der Waals surface area (Å²) in [5.41, 5.74) is 0.646. The minimum atomic E-state index is -0.0108. The molecule has 2 bridgehead atoms. The third-order valence-electron chi connectivity index (χ3n) is 4.98. The molecule has 1 N–H and O–H groups in total.